The molecule has 3 nitrogen and oxygen atoms in total. The van der Waals surface area contributed by atoms with Crippen molar-refractivity contribution in [1.82, 2.24) is 4.90 Å². The van der Waals surface area contributed by atoms with Crippen molar-refractivity contribution in [2.24, 2.45) is 0 Å². The zero-order valence-corrected chi connectivity index (χ0v) is 10.3. The Bertz CT molecular complexity index is 226. The smallest absolute Gasteiger partial charge is 0.413 e. The monoisotopic (exact) mass is 225 g/mol. The molecule has 1 heterocycles. The van der Waals surface area contributed by atoms with Gasteiger partial charge in [-0.25, -0.2) is 4.79 Å². The lowest BCUT2D eigenvalue weighted by atomic mass is 10.1. The van der Waals surface area contributed by atoms with Crippen molar-refractivity contribution in [3.8, 4) is 0 Å². The average molecular weight is 225 g/mol. The topological polar surface area (TPSA) is 29.5 Å². The second-order valence-corrected chi connectivity index (χ2v) is 4.25. The Balaban J connectivity index is 1.94. The molecule has 1 saturated heterocycles. The van der Waals surface area contributed by atoms with Gasteiger partial charge in [0.25, 0.3) is 0 Å². The molecule has 0 bridgehead atoms. The summed E-state index contributed by atoms with van der Waals surface area (Å²) in [5.41, 5.74) is 0. The summed E-state index contributed by atoms with van der Waals surface area (Å²) in [6.45, 7) is 3.46. The average Bonchev–Trinajstić information content (AvgIpc) is 2.68. The summed E-state index contributed by atoms with van der Waals surface area (Å²) in [6, 6.07) is 0. The van der Waals surface area contributed by atoms with Crippen LogP contribution in [0.25, 0.3) is 0 Å². The van der Waals surface area contributed by atoms with Gasteiger partial charge in [-0.3, -0.25) is 4.90 Å². The molecule has 1 aliphatic heterocycles. The van der Waals surface area contributed by atoms with Crippen LogP contribution >= 0.6 is 0 Å². The van der Waals surface area contributed by atoms with Crippen molar-refractivity contribution in [2.45, 2.75) is 51.9 Å². The molecule has 1 aliphatic rings. The molecule has 0 aliphatic carbocycles. The van der Waals surface area contributed by atoms with Gasteiger partial charge in [-0.15, -0.1) is 0 Å². The number of cyclic esters (lactones) is 1. The zero-order valence-electron chi connectivity index (χ0n) is 10.3. The van der Waals surface area contributed by atoms with E-state index in [2.05, 4.69) is 13.0 Å². The van der Waals surface area contributed by atoms with E-state index >= 15 is 0 Å². The minimum atomic E-state index is -0.209. The third-order valence-corrected chi connectivity index (χ3v) is 2.80. The number of nitrogens with zero attached hydrogens (tertiary/aromatic N) is 1. The maximum absolute atomic E-state index is 11.1. The molecule has 16 heavy (non-hydrogen) atoms. The van der Waals surface area contributed by atoms with Crippen LogP contribution in [0.2, 0.25) is 0 Å². The molecule has 1 fully saturated rings. The lowest BCUT2D eigenvalue weighted by Gasteiger charge is -2.04. The van der Waals surface area contributed by atoms with Gasteiger partial charge in [0.15, 0.2) is 0 Å². The lowest BCUT2D eigenvalue weighted by Crippen LogP contribution is -2.16. The molecule has 1 amide bonds. The number of carbonyl (C=O) groups is 1. The minimum Gasteiger partial charge on any atom is -0.447 e. The predicted octanol–water partition coefficient (Wildman–Crippen LogP) is 3.70. The van der Waals surface area contributed by atoms with Crippen LogP contribution in [0.1, 0.15) is 51.9 Å². The van der Waals surface area contributed by atoms with Gasteiger partial charge in [0.1, 0.15) is 6.61 Å². The number of rotatable bonds is 8. The summed E-state index contributed by atoms with van der Waals surface area (Å²) < 4.78 is 4.82. The van der Waals surface area contributed by atoms with Crippen LogP contribution in [0.5, 0.6) is 0 Å². The van der Waals surface area contributed by atoms with E-state index in [-0.39, 0.29) is 6.09 Å². The van der Waals surface area contributed by atoms with Gasteiger partial charge < -0.3 is 4.74 Å². The van der Waals surface area contributed by atoms with E-state index in [9.17, 15) is 4.79 Å². The van der Waals surface area contributed by atoms with Crippen LogP contribution in [0.3, 0.4) is 0 Å². The van der Waals surface area contributed by atoms with Crippen molar-refractivity contribution in [3.05, 3.63) is 12.3 Å². The Morgan fingerprint density at radius 2 is 2.00 bits per heavy atom. The normalized spacial score (nSPS) is 16.1. The van der Waals surface area contributed by atoms with Crippen LogP contribution in [0, 0.1) is 0 Å². The summed E-state index contributed by atoms with van der Waals surface area (Å²) in [4.78, 5) is 12.7. The molecule has 0 aromatic heterocycles. The lowest BCUT2D eigenvalue weighted by molar-refractivity contribution is 0.166. The quantitative estimate of drug-likeness (QED) is 0.589. The highest BCUT2D eigenvalue weighted by molar-refractivity contribution is 5.70. The first-order chi connectivity index (χ1) is 7.84. The van der Waals surface area contributed by atoms with E-state index < -0.39 is 0 Å². The van der Waals surface area contributed by atoms with Gasteiger partial charge >= 0.3 is 6.09 Å². The van der Waals surface area contributed by atoms with E-state index in [0.717, 1.165) is 6.42 Å². The van der Waals surface area contributed by atoms with E-state index in [1.807, 2.05) is 6.20 Å². The van der Waals surface area contributed by atoms with Crippen LogP contribution in [0.4, 0.5) is 4.79 Å². The van der Waals surface area contributed by atoms with Gasteiger partial charge in [-0.2, -0.15) is 0 Å². The molecular formula is C13H23NO2. The number of ether oxygens (including phenoxy) is 1. The SMILES string of the molecule is CCCCCCCC/C=C\N1CCOC1=O. The first-order valence-corrected chi connectivity index (χ1v) is 6.44. The molecule has 0 saturated carbocycles. The predicted molar refractivity (Wildman–Crippen MR) is 65.2 cm³/mol. The standard InChI is InChI=1S/C13H23NO2/c1-2-3-4-5-6-7-8-9-10-14-11-12-16-13(14)15/h9-10H,2-8,11-12H2,1H3/b10-9-. The van der Waals surface area contributed by atoms with E-state index in [1.54, 1.807) is 4.90 Å². The van der Waals surface area contributed by atoms with Gasteiger partial charge in [0.05, 0.1) is 6.54 Å². The first kappa shape index (κ1) is 13.1. The van der Waals surface area contributed by atoms with Crippen LogP contribution in [0.15, 0.2) is 12.3 Å². The second-order valence-electron chi connectivity index (χ2n) is 4.25. The fourth-order valence-electron chi connectivity index (χ4n) is 1.79. The van der Waals surface area contributed by atoms with Crippen molar-refractivity contribution >= 4 is 6.09 Å². The first-order valence-electron chi connectivity index (χ1n) is 6.44. The van der Waals surface area contributed by atoms with Crippen molar-refractivity contribution < 1.29 is 9.53 Å². The highest BCUT2D eigenvalue weighted by Gasteiger charge is 2.18. The fraction of sp³-hybridized carbons (Fsp3) is 0.769. The fourth-order valence-corrected chi connectivity index (χ4v) is 1.79. The Hall–Kier alpha value is -0.990. The van der Waals surface area contributed by atoms with Crippen LogP contribution in [-0.2, 0) is 4.74 Å². The Kier molecular flexibility index (Phi) is 6.70. The molecule has 0 radical (unpaired) electrons. The largest absolute Gasteiger partial charge is 0.447 e. The Morgan fingerprint density at radius 1 is 1.25 bits per heavy atom. The summed E-state index contributed by atoms with van der Waals surface area (Å²) in [6.07, 6.45) is 12.7. The Morgan fingerprint density at radius 3 is 2.69 bits per heavy atom. The van der Waals surface area contributed by atoms with Gasteiger partial charge in [-0.05, 0) is 12.8 Å². The second kappa shape index (κ2) is 8.20. The van der Waals surface area contributed by atoms with Gasteiger partial charge in [-0.1, -0.05) is 45.1 Å². The molecule has 0 aromatic carbocycles. The number of amides is 1. The van der Waals surface area contributed by atoms with E-state index in [4.69, 9.17) is 4.74 Å². The number of carbonyl (C=O) groups excluding carboxylic acids is 1. The molecule has 1 rings (SSSR count). The number of allylic oxidation sites excluding steroid dienone is 1. The van der Waals surface area contributed by atoms with Gasteiger partial charge in [0, 0.05) is 6.20 Å². The van der Waals surface area contributed by atoms with Crippen LogP contribution < -0.4 is 0 Å². The minimum absolute atomic E-state index is 0.209. The van der Waals surface area contributed by atoms with Crippen molar-refractivity contribution in [2.75, 3.05) is 13.2 Å². The summed E-state index contributed by atoms with van der Waals surface area (Å²) in [7, 11) is 0. The third kappa shape index (κ3) is 5.19. The molecule has 0 N–H and O–H groups in total. The molecule has 0 spiro atoms. The molecular weight excluding hydrogens is 202 g/mol. The number of unbranched alkanes of at least 4 members (excludes halogenated alkanes) is 6. The molecule has 0 unspecified atom stereocenters. The van der Waals surface area contributed by atoms with Crippen LogP contribution in [-0.4, -0.2) is 24.1 Å². The van der Waals surface area contributed by atoms with Crippen molar-refractivity contribution in [3.63, 3.8) is 0 Å². The highest BCUT2D eigenvalue weighted by Crippen LogP contribution is 2.08. The maximum atomic E-state index is 11.1. The molecule has 92 valence electrons. The maximum Gasteiger partial charge on any atom is 0.413 e. The molecule has 0 aromatic rings. The van der Waals surface area contributed by atoms with Crippen molar-refractivity contribution in [1.29, 1.82) is 0 Å². The van der Waals surface area contributed by atoms with E-state index in [1.165, 1.54) is 38.5 Å². The number of hydrogen-bond acceptors (Lipinski definition) is 2. The molecule has 3 heteroatoms. The summed E-state index contributed by atoms with van der Waals surface area (Å²) >= 11 is 0. The summed E-state index contributed by atoms with van der Waals surface area (Å²) in [5.74, 6) is 0. The van der Waals surface area contributed by atoms with Gasteiger partial charge in [0.2, 0.25) is 0 Å². The molecule has 0 atom stereocenters. The summed E-state index contributed by atoms with van der Waals surface area (Å²) in [5, 5.41) is 0. The highest BCUT2D eigenvalue weighted by atomic mass is 16.6. The third-order valence-electron chi connectivity index (χ3n) is 2.80. The Labute approximate surface area is 98.5 Å². The van der Waals surface area contributed by atoms with E-state index in [0.29, 0.717) is 13.2 Å². The number of hydrogen-bond donors (Lipinski definition) is 0. The zero-order chi connectivity index (χ0) is 11.6.